The Morgan fingerprint density at radius 3 is 2.28 bits per heavy atom. The molecule has 2 aliphatic carbocycles. The summed E-state index contributed by atoms with van der Waals surface area (Å²) in [7, 11) is 1.38. The van der Waals surface area contributed by atoms with Crippen LogP contribution in [0, 0.1) is 11.3 Å². The average Bonchev–Trinajstić information content (AvgIpc) is 3.35. The van der Waals surface area contributed by atoms with Gasteiger partial charge < -0.3 is 9.47 Å². The van der Waals surface area contributed by atoms with E-state index >= 15 is 0 Å². The van der Waals surface area contributed by atoms with E-state index in [0.717, 1.165) is 12.8 Å². The molecule has 3 atom stereocenters. The van der Waals surface area contributed by atoms with Crippen LogP contribution in [0.5, 0.6) is 0 Å². The molecule has 0 N–H and O–H groups in total. The summed E-state index contributed by atoms with van der Waals surface area (Å²) in [5.41, 5.74) is 4.77. The monoisotopic (exact) mass is 389 g/mol. The molecule has 0 unspecified atom stereocenters. The second-order valence-electron chi connectivity index (χ2n) is 8.73. The minimum Gasteiger partial charge on any atom is -0.453 e. The predicted octanol–water partition coefficient (Wildman–Crippen LogP) is 3.61. The first-order chi connectivity index (χ1) is 14.2. The van der Waals surface area contributed by atoms with Gasteiger partial charge in [0.05, 0.1) is 13.2 Å². The third-order valence-electron chi connectivity index (χ3n) is 7.45. The first kappa shape index (κ1) is 17.2. The van der Waals surface area contributed by atoms with Crippen LogP contribution in [-0.2, 0) is 14.3 Å². The van der Waals surface area contributed by atoms with Gasteiger partial charge in [-0.15, -0.1) is 0 Å². The van der Waals surface area contributed by atoms with Gasteiger partial charge >= 0.3 is 6.09 Å². The SMILES string of the molecule is COC(=O)N1C[C@@](C2CC2)(C2c3ccccc3-c3ccccc32)[C@H]2OCC(=O)[C@H]21. The second-order valence-corrected chi connectivity index (χ2v) is 8.73. The zero-order valence-corrected chi connectivity index (χ0v) is 16.3. The fourth-order valence-electron chi connectivity index (χ4n) is 6.29. The highest BCUT2D eigenvalue weighted by Crippen LogP contribution is 2.66. The number of ketones is 1. The summed E-state index contributed by atoms with van der Waals surface area (Å²) in [6.45, 7) is 0.575. The number of benzene rings is 2. The lowest BCUT2D eigenvalue weighted by Gasteiger charge is -2.40. The van der Waals surface area contributed by atoms with Gasteiger partial charge in [0.15, 0.2) is 5.78 Å². The Hall–Kier alpha value is -2.66. The Labute approximate surface area is 169 Å². The van der Waals surface area contributed by atoms with E-state index in [1.165, 1.54) is 29.4 Å². The average molecular weight is 389 g/mol. The normalized spacial score (nSPS) is 30.2. The minimum absolute atomic E-state index is 0.0116. The molecule has 2 aliphatic heterocycles. The number of hydrogen-bond donors (Lipinski definition) is 0. The molecule has 5 heteroatoms. The Balaban J connectivity index is 1.58. The van der Waals surface area contributed by atoms with Gasteiger partial charge in [-0.2, -0.15) is 0 Å². The number of carbonyl (C=O) groups excluding carboxylic acids is 2. The fourth-order valence-corrected chi connectivity index (χ4v) is 6.29. The topological polar surface area (TPSA) is 55.8 Å². The van der Waals surface area contributed by atoms with Crippen molar-refractivity contribution in [2.75, 3.05) is 20.3 Å². The molecule has 29 heavy (non-hydrogen) atoms. The number of carbonyl (C=O) groups is 2. The maximum absolute atomic E-state index is 12.7. The molecule has 2 aromatic carbocycles. The number of Topliss-reactive ketones (excluding diaryl/α,β-unsaturated/α-hetero) is 1. The zero-order chi connectivity index (χ0) is 19.8. The zero-order valence-electron chi connectivity index (χ0n) is 16.3. The van der Waals surface area contributed by atoms with Crippen LogP contribution in [0.2, 0.25) is 0 Å². The molecule has 1 saturated carbocycles. The molecule has 3 fully saturated rings. The number of amides is 1. The van der Waals surface area contributed by atoms with Crippen molar-refractivity contribution in [3.8, 4) is 11.1 Å². The van der Waals surface area contributed by atoms with Crippen LogP contribution in [-0.4, -0.2) is 49.2 Å². The van der Waals surface area contributed by atoms with E-state index in [0.29, 0.717) is 12.5 Å². The van der Waals surface area contributed by atoms with Crippen LogP contribution in [0.1, 0.15) is 29.9 Å². The molecular weight excluding hydrogens is 366 g/mol. The van der Waals surface area contributed by atoms with Crippen LogP contribution in [0.15, 0.2) is 48.5 Å². The van der Waals surface area contributed by atoms with Gasteiger partial charge in [0, 0.05) is 17.9 Å². The lowest BCUT2D eigenvalue weighted by Crippen LogP contribution is -2.43. The van der Waals surface area contributed by atoms with Crippen LogP contribution in [0.25, 0.3) is 11.1 Å². The summed E-state index contributed by atoms with van der Waals surface area (Å²) in [5.74, 6) is 0.526. The van der Waals surface area contributed by atoms with E-state index in [1.807, 2.05) is 0 Å². The number of methoxy groups -OCH3 is 1. The van der Waals surface area contributed by atoms with Crippen molar-refractivity contribution in [1.29, 1.82) is 0 Å². The Morgan fingerprint density at radius 1 is 1.07 bits per heavy atom. The van der Waals surface area contributed by atoms with Crippen molar-refractivity contribution in [2.24, 2.45) is 11.3 Å². The molecule has 0 bridgehead atoms. The summed E-state index contributed by atoms with van der Waals surface area (Å²) >= 11 is 0. The van der Waals surface area contributed by atoms with Crippen molar-refractivity contribution in [1.82, 2.24) is 4.90 Å². The van der Waals surface area contributed by atoms with Gasteiger partial charge in [0.2, 0.25) is 0 Å². The van der Waals surface area contributed by atoms with Gasteiger partial charge in [-0.3, -0.25) is 9.69 Å². The van der Waals surface area contributed by atoms with Crippen molar-refractivity contribution in [3.05, 3.63) is 59.7 Å². The summed E-state index contributed by atoms with van der Waals surface area (Å²) in [6, 6.07) is 16.6. The van der Waals surface area contributed by atoms with E-state index in [9.17, 15) is 9.59 Å². The highest BCUT2D eigenvalue weighted by Gasteiger charge is 2.69. The largest absolute Gasteiger partial charge is 0.453 e. The van der Waals surface area contributed by atoms with Gasteiger partial charge in [-0.05, 0) is 41.0 Å². The van der Waals surface area contributed by atoms with Crippen LogP contribution < -0.4 is 0 Å². The minimum atomic E-state index is -0.539. The summed E-state index contributed by atoms with van der Waals surface area (Å²) < 4.78 is 11.2. The van der Waals surface area contributed by atoms with E-state index in [1.54, 1.807) is 4.90 Å². The van der Waals surface area contributed by atoms with Crippen molar-refractivity contribution in [2.45, 2.75) is 30.9 Å². The number of ether oxygens (including phenoxy) is 2. The summed E-state index contributed by atoms with van der Waals surface area (Å²) in [5, 5.41) is 0. The highest BCUT2D eigenvalue weighted by atomic mass is 16.5. The molecule has 0 spiro atoms. The smallest absolute Gasteiger partial charge is 0.410 e. The Bertz CT molecular complexity index is 984. The number of likely N-dealkylation sites (tertiary alicyclic amines) is 1. The number of hydrogen-bond acceptors (Lipinski definition) is 4. The molecule has 2 aromatic rings. The van der Waals surface area contributed by atoms with E-state index < -0.39 is 12.1 Å². The maximum atomic E-state index is 12.7. The van der Waals surface area contributed by atoms with Crippen molar-refractivity contribution < 1.29 is 19.1 Å². The van der Waals surface area contributed by atoms with Crippen LogP contribution >= 0.6 is 0 Å². The third kappa shape index (κ3) is 2.14. The Morgan fingerprint density at radius 2 is 1.69 bits per heavy atom. The molecule has 148 valence electrons. The maximum Gasteiger partial charge on any atom is 0.410 e. The van der Waals surface area contributed by atoms with Crippen molar-refractivity contribution in [3.63, 3.8) is 0 Å². The van der Waals surface area contributed by atoms with E-state index in [-0.39, 0.29) is 29.8 Å². The fraction of sp³-hybridized carbons (Fsp3) is 0.417. The predicted molar refractivity (Wildman–Crippen MR) is 107 cm³/mol. The first-order valence-corrected chi connectivity index (χ1v) is 10.3. The number of fused-ring (bicyclic) bond motifs is 4. The highest BCUT2D eigenvalue weighted by molar-refractivity contribution is 5.92. The molecule has 2 saturated heterocycles. The standard InChI is InChI=1S/C24H23NO4/c1-28-23(27)25-13-24(14-10-11-14,22-21(25)19(26)12-29-22)20-17-8-4-2-6-15(17)16-7-3-5-9-18(16)20/h2-9,14,20-22H,10-13H2,1H3/t21-,22+,24-/m1/s1. The summed E-state index contributed by atoms with van der Waals surface area (Å²) in [4.78, 5) is 27.0. The van der Waals surface area contributed by atoms with Gasteiger partial charge in [-0.1, -0.05) is 48.5 Å². The molecule has 0 aromatic heterocycles. The quantitative estimate of drug-likeness (QED) is 0.787. The van der Waals surface area contributed by atoms with Gasteiger partial charge in [-0.25, -0.2) is 4.79 Å². The van der Waals surface area contributed by atoms with Gasteiger partial charge in [0.25, 0.3) is 0 Å². The lowest BCUT2D eigenvalue weighted by molar-refractivity contribution is -0.121. The van der Waals surface area contributed by atoms with Crippen molar-refractivity contribution >= 4 is 11.9 Å². The number of rotatable bonds is 2. The Kier molecular flexibility index (Phi) is 3.52. The molecule has 6 rings (SSSR count). The van der Waals surface area contributed by atoms with E-state index in [2.05, 4.69) is 48.5 Å². The lowest BCUT2D eigenvalue weighted by atomic mass is 9.64. The first-order valence-electron chi connectivity index (χ1n) is 10.3. The second kappa shape index (κ2) is 5.92. The van der Waals surface area contributed by atoms with Crippen LogP contribution in [0.4, 0.5) is 4.79 Å². The van der Waals surface area contributed by atoms with Gasteiger partial charge in [0.1, 0.15) is 12.6 Å². The summed E-state index contributed by atoms with van der Waals surface area (Å²) in [6.07, 6.45) is 1.50. The third-order valence-corrected chi connectivity index (χ3v) is 7.45. The number of nitrogens with zero attached hydrogens (tertiary/aromatic N) is 1. The van der Waals surface area contributed by atoms with Crippen LogP contribution in [0.3, 0.4) is 0 Å². The molecule has 0 radical (unpaired) electrons. The molecule has 2 heterocycles. The molecule has 1 amide bonds. The molecule has 4 aliphatic rings. The molecule has 5 nitrogen and oxygen atoms in total. The van der Waals surface area contributed by atoms with E-state index in [4.69, 9.17) is 9.47 Å². The molecular formula is C24H23NO4.